The van der Waals surface area contributed by atoms with Gasteiger partial charge in [0.05, 0.1) is 0 Å². The molecule has 1 N–H and O–H groups in total. The average Bonchev–Trinajstić information content (AvgIpc) is 2.75. The number of nitrogens with zero attached hydrogens (tertiary/aromatic N) is 4. The molecule has 19 heavy (non-hydrogen) atoms. The van der Waals surface area contributed by atoms with Gasteiger partial charge in [0.15, 0.2) is 0 Å². The third-order valence-corrected chi connectivity index (χ3v) is 3.76. The van der Waals surface area contributed by atoms with Gasteiger partial charge in [-0.3, -0.25) is 4.79 Å². The van der Waals surface area contributed by atoms with Crippen molar-refractivity contribution < 1.29 is 9.90 Å². The van der Waals surface area contributed by atoms with E-state index in [1.165, 1.54) is 33.1 Å². The maximum Gasteiger partial charge on any atom is 0.325 e. The molecule has 0 radical (unpaired) electrons. The first kappa shape index (κ1) is 13.5. The van der Waals surface area contributed by atoms with Crippen molar-refractivity contribution in [2.24, 2.45) is 0 Å². The molecule has 0 bridgehead atoms. The number of benzene rings is 1. The minimum absolute atomic E-state index is 0.220. The van der Waals surface area contributed by atoms with Crippen LogP contribution in [-0.4, -0.2) is 31.3 Å². The summed E-state index contributed by atoms with van der Waals surface area (Å²) in [6, 6.07) is 6.14. The van der Waals surface area contributed by atoms with Crippen LogP contribution < -0.4 is 0 Å². The highest BCUT2D eigenvalue weighted by molar-refractivity contribution is 7.98. The van der Waals surface area contributed by atoms with Crippen molar-refractivity contribution >= 4 is 17.7 Å². The smallest absolute Gasteiger partial charge is 0.325 e. The number of tetrazole rings is 1. The highest BCUT2D eigenvalue weighted by Crippen LogP contribution is 2.24. The molecule has 0 unspecified atom stereocenters. The molecule has 100 valence electrons. The monoisotopic (exact) mass is 278 g/mol. The topological polar surface area (TPSA) is 80.9 Å². The fourth-order valence-corrected chi connectivity index (χ4v) is 2.81. The Bertz CT molecular complexity index is 577. The van der Waals surface area contributed by atoms with E-state index in [2.05, 4.69) is 41.5 Å². The molecule has 0 amide bonds. The number of carboxylic acid groups (broad SMARTS) is 1. The standard InChI is InChI=1S/C12H14N4O2S/c1-8-4-3-5-9(2)10(8)7-19-12-13-14-15-16(12)6-11(17)18/h3-5H,6-7H2,1-2H3,(H,17,18). The van der Waals surface area contributed by atoms with Gasteiger partial charge in [-0.25, -0.2) is 4.68 Å². The van der Waals surface area contributed by atoms with E-state index in [1.54, 1.807) is 0 Å². The van der Waals surface area contributed by atoms with E-state index in [1.807, 2.05) is 6.07 Å². The summed E-state index contributed by atoms with van der Waals surface area (Å²) in [5, 5.41) is 20.3. The first-order chi connectivity index (χ1) is 9.08. The molecule has 0 aliphatic carbocycles. The second-order valence-electron chi connectivity index (χ2n) is 4.17. The van der Waals surface area contributed by atoms with Gasteiger partial charge in [-0.05, 0) is 41.0 Å². The molecule has 0 saturated heterocycles. The molecule has 2 aromatic rings. The van der Waals surface area contributed by atoms with Gasteiger partial charge in [0.2, 0.25) is 5.16 Å². The fraction of sp³-hybridized carbons (Fsp3) is 0.333. The molecule has 6 nitrogen and oxygen atoms in total. The summed E-state index contributed by atoms with van der Waals surface area (Å²) in [6.07, 6.45) is 0. The zero-order valence-electron chi connectivity index (χ0n) is 10.7. The Labute approximate surface area is 114 Å². The van der Waals surface area contributed by atoms with Crippen LogP contribution in [-0.2, 0) is 17.1 Å². The van der Waals surface area contributed by atoms with Crippen LogP contribution in [0.2, 0.25) is 0 Å². The number of rotatable bonds is 5. The lowest BCUT2D eigenvalue weighted by atomic mass is 10.1. The largest absolute Gasteiger partial charge is 0.480 e. The molecule has 0 aliphatic rings. The SMILES string of the molecule is Cc1cccc(C)c1CSc1nnnn1CC(=O)O. The minimum Gasteiger partial charge on any atom is -0.480 e. The van der Waals surface area contributed by atoms with Crippen molar-refractivity contribution in [1.29, 1.82) is 0 Å². The third-order valence-electron chi connectivity index (χ3n) is 2.77. The van der Waals surface area contributed by atoms with Crippen molar-refractivity contribution in [2.45, 2.75) is 31.3 Å². The second kappa shape index (κ2) is 5.83. The van der Waals surface area contributed by atoms with Crippen LogP contribution in [0.5, 0.6) is 0 Å². The predicted molar refractivity (Wildman–Crippen MR) is 70.9 cm³/mol. The number of thioether (sulfide) groups is 1. The molecule has 0 aliphatic heterocycles. The van der Waals surface area contributed by atoms with Crippen LogP contribution in [0.25, 0.3) is 0 Å². The fourth-order valence-electron chi connectivity index (χ4n) is 1.74. The van der Waals surface area contributed by atoms with Crippen LogP contribution in [0, 0.1) is 13.8 Å². The van der Waals surface area contributed by atoms with Gasteiger partial charge in [-0.2, -0.15) is 0 Å². The number of hydrogen-bond acceptors (Lipinski definition) is 5. The molecule has 0 atom stereocenters. The molecule has 2 rings (SSSR count). The lowest BCUT2D eigenvalue weighted by molar-refractivity contribution is -0.138. The van der Waals surface area contributed by atoms with Crippen LogP contribution >= 0.6 is 11.8 Å². The third kappa shape index (κ3) is 3.31. The molecule has 1 aromatic carbocycles. The summed E-state index contributed by atoms with van der Waals surface area (Å²) in [5.74, 6) is -0.236. The first-order valence-corrected chi connectivity index (χ1v) is 6.72. The van der Waals surface area contributed by atoms with E-state index >= 15 is 0 Å². The number of aromatic nitrogens is 4. The Balaban J connectivity index is 2.11. The van der Waals surface area contributed by atoms with Gasteiger partial charge in [-0.1, -0.05) is 30.0 Å². The number of aryl methyl sites for hydroxylation is 2. The summed E-state index contributed by atoms with van der Waals surface area (Å²) in [7, 11) is 0. The Hall–Kier alpha value is -1.89. The van der Waals surface area contributed by atoms with E-state index in [0.717, 1.165) is 5.75 Å². The zero-order valence-corrected chi connectivity index (χ0v) is 11.5. The van der Waals surface area contributed by atoms with E-state index < -0.39 is 5.97 Å². The first-order valence-electron chi connectivity index (χ1n) is 5.74. The van der Waals surface area contributed by atoms with E-state index in [9.17, 15) is 4.79 Å². The average molecular weight is 278 g/mol. The van der Waals surface area contributed by atoms with Crippen LogP contribution in [0.15, 0.2) is 23.4 Å². The quantitative estimate of drug-likeness (QED) is 0.838. The van der Waals surface area contributed by atoms with Crippen molar-refractivity contribution in [1.82, 2.24) is 20.2 Å². The van der Waals surface area contributed by atoms with Crippen LogP contribution in [0.4, 0.5) is 0 Å². The molecule has 0 saturated carbocycles. The molecular weight excluding hydrogens is 264 g/mol. The maximum absolute atomic E-state index is 10.7. The molecule has 7 heteroatoms. The number of carboxylic acids is 1. The lowest BCUT2D eigenvalue weighted by Crippen LogP contribution is -2.11. The Morgan fingerprint density at radius 3 is 2.68 bits per heavy atom. The molecule has 0 spiro atoms. The van der Waals surface area contributed by atoms with E-state index in [-0.39, 0.29) is 6.54 Å². The van der Waals surface area contributed by atoms with Gasteiger partial charge in [0, 0.05) is 5.75 Å². The normalized spacial score (nSPS) is 10.6. The van der Waals surface area contributed by atoms with Gasteiger partial charge >= 0.3 is 5.97 Å². The van der Waals surface area contributed by atoms with Gasteiger partial charge in [-0.15, -0.1) is 5.10 Å². The zero-order chi connectivity index (χ0) is 13.8. The van der Waals surface area contributed by atoms with E-state index in [0.29, 0.717) is 5.16 Å². The number of hydrogen-bond donors (Lipinski definition) is 1. The lowest BCUT2D eigenvalue weighted by Gasteiger charge is -2.08. The Kier molecular flexibility index (Phi) is 4.16. The summed E-state index contributed by atoms with van der Waals surface area (Å²) >= 11 is 1.44. The van der Waals surface area contributed by atoms with E-state index in [4.69, 9.17) is 5.11 Å². The van der Waals surface area contributed by atoms with Gasteiger partial charge < -0.3 is 5.11 Å². The molecular formula is C12H14N4O2S. The highest BCUT2D eigenvalue weighted by Gasteiger charge is 2.11. The van der Waals surface area contributed by atoms with Crippen molar-refractivity contribution in [2.75, 3.05) is 0 Å². The predicted octanol–water partition coefficient (Wildman–Crippen LogP) is 1.67. The number of aliphatic carboxylic acids is 1. The molecule has 1 heterocycles. The molecule has 0 fully saturated rings. The Morgan fingerprint density at radius 2 is 2.05 bits per heavy atom. The van der Waals surface area contributed by atoms with Crippen molar-refractivity contribution in [3.8, 4) is 0 Å². The second-order valence-corrected chi connectivity index (χ2v) is 5.11. The van der Waals surface area contributed by atoms with Gasteiger partial charge in [0.25, 0.3) is 0 Å². The van der Waals surface area contributed by atoms with Crippen LogP contribution in [0.3, 0.4) is 0 Å². The Morgan fingerprint density at radius 1 is 1.37 bits per heavy atom. The minimum atomic E-state index is -0.957. The maximum atomic E-state index is 10.7. The summed E-state index contributed by atoms with van der Waals surface area (Å²) < 4.78 is 1.29. The van der Waals surface area contributed by atoms with Crippen molar-refractivity contribution in [3.63, 3.8) is 0 Å². The van der Waals surface area contributed by atoms with Crippen molar-refractivity contribution in [3.05, 3.63) is 34.9 Å². The number of carbonyl (C=O) groups is 1. The van der Waals surface area contributed by atoms with Crippen LogP contribution in [0.1, 0.15) is 16.7 Å². The highest BCUT2D eigenvalue weighted by atomic mass is 32.2. The summed E-state index contributed by atoms with van der Waals surface area (Å²) in [5.41, 5.74) is 3.66. The summed E-state index contributed by atoms with van der Waals surface area (Å²) in [4.78, 5) is 10.7. The summed E-state index contributed by atoms with van der Waals surface area (Å²) in [6.45, 7) is 3.90. The molecule has 1 aromatic heterocycles. The van der Waals surface area contributed by atoms with Gasteiger partial charge in [0.1, 0.15) is 6.54 Å².